The monoisotopic (exact) mass is 284 g/mol. The average molecular weight is 284 g/mol. The molecular weight excluding hydrogens is 271 g/mol. The van der Waals surface area contributed by atoms with E-state index in [1.165, 1.54) is 4.80 Å². The van der Waals surface area contributed by atoms with E-state index in [-0.39, 0.29) is 11.5 Å². The molecule has 3 rings (SSSR count). The Morgan fingerprint density at radius 2 is 1.90 bits per heavy atom. The zero-order chi connectivity index (χ0) is 14.8. The smallest absolute Gasteiger partial charge is 0.186 e. The molecule has 21 heavy (non-hydrogen) atoms. The highest BCUT2D eigenvalue weighted by Crippen LogP contribution is 2.19. The summed E-state index contributed by atoms with van der Waals surface area (Å²) in [5, 5.41) is 11.2. The van der Waals surface area contributed by atoms with E-state index in [1.54, 1.807) is 20.2 Å². The maximum Gasteiger partial charge on any atom is 0.186 e. The van der Waals surface area contributed by atoms with Crippen LogP contribution >= 0.6 is 0 Å². The van der Waals surface area contributed by atoms with Gasteiger partial charge >= 0.3 is 0 Å². The van der Waals surface area contributed by atoms with Gasteiger partial charge in [-0.15, -0.1) is 5.10 Å². The van der Waals surface area contributed by atoms with Crippen LogP contribution in [0.4, 0.5) is 10.2 Å². The molecular formula is C14H13FN6. The van der Waals surface area contributed by atoms with Gasteiger partial charge in [-0.25, -0.2) is 14.4 Å². The number of aromatic nitrogens is 5. The first-order chi connectivity index (χ1) is 10.2. The molecule has 0 radical (unpaired) electrons. The van der Waals surface area contributed by atoms with Crippen LogP contribution in [0.2, 0.25) is 0 Å². The lowest BCUT2D eigenvalue weighted by molar-refractivity contribution is 0.607. The molecule has 0 amide bonds. The Morgan fingerprint density at radius 1 is 1.14 bits per heavy atom. The first kappa shape index (κ1) is 13.2. The van der Waals surface area contributed by atoms with Crippen molar-refractivity contribution in [2.24, 2.45) is 0 Å². The zero-order valence-electron chi connectivity index (χ0n) is 11.6. The fraction of sp³-hybridized carbons (Fsp3) is 0.143. The summed E-state index contributed by atoms with van der Waals surface area (Å²) < 4.78 is 13.7. The van der Waals surface area contributed by atoms with Crippen molar-refractivity contribution in [3.63, 3.8) is 0 Å². The Bertz CT molecular complexity index is 768. The second kappa shape index (κ2) is 5.28. The lowest BCUT2D eigenvalue weighted by Gasteiger charge is -2.05. The van der Waals surface area contributed by atoms with Crippen LogP contribution in [0, 0.1) is 12.7 Å². The zero-order valence-corrected chi connectivity index (χ0v) is 11.6. The highest BCUT2D eigenvalue weighted by Gasteiger charge is 2.14. The fourth-order valence-electron chi connectivity index (χ4n) is 1.89. The minimum absolute atomic E-state index is 0.145. The van der Waals surface area contributed by atoms with Gasteiger partial charge in [0.15, 0.2) is 23.2 Å². The SMILES string of the molecule is CNc1nc(-c2cnn(-c3ccccc3)n2)nc(C)c1F. The molecule has 2 heterocycles. The molecule has 0 saturated carbocycles. The first-order valence-corrected chi connectivity index (χ1v) is 6.39. The predicted molar refractivity (Wildman–Crippen MR) is 76.6 cm³/mol. The Balaban J connectivity index is 2.03. The number of nitrogens with zero attached hydrogens (tertiary/aromatic N) is 5. The van der Waals surface area contributed by atoms with Crippen LogP contribution in [0.25, 0.3) is 17.2 Å². The number of rotatable bonds is 3. The predicted octanol–water partition coefficient (Wildman–Crippen LogP) is 2.21. The standard InChI is InChI=1S/C14H13FN6/c1-9-12(15)14(16-2)19-13(18-9)11-8-17-21(20-11)10-6-4-3-5-7-10/h3-8H,1-2H3,(H,16,18,19). The molecule has 0 aliphatic rings. The summed E-state index contributed by atoms with van der Waals surface area (Å²) in [5.41, 5.74) is 1.58. The number of anilines is 1. The van der Waals surface area contributed by atoms with Crippen molar-refractivity contribution in [1.82, 2.24) is 25.0 Å². The van der Waals surface area contributed by atoms with Crippen LogP contribution in [0.5, 0.6) is 0 Å². The van der Waals surface area contributed by atoms with Gasteiger partial charge in [-0.05, 0) is 19.1 Å². The van der Waals surface area contributed by atoms with Crippen molar-refractivity contribution in [3.8, 4) is 17.2 Å². The van der Waals surface area contributed by atoms with E-state index in [0.29, 0.717) is 11.5 Å². The van der Waals surface area contributed by atoms with Gasteiger partial charge in [0, 0.05) is 7.05 Å². The van der Waals surface area contributed by atoms with Gasteiger partial charge in [0.25, 0.3) is 0 Å². The second-order valence-electron chi connectivity index (χ2n) is 4.40. The Labute approximate surface area is 120 Å². The molecule has 2 aromatic heterocycles. The number of halogens is 1. The van der Waals surface area contributed by atoms with E-state index in [0.717, 1.165) is 5.69 Å². The van der Waals surface area contributed by atoms with E-state index < -0.39 is 5.82 Å². The highest BCUT2D eigenvalue weighted by molar-refractivity contribution is 5.52. The van der Waals surface area contributed by atoms with Crippen LogP contribution in [0.15, 0.2) is 36.5 Å². The number of hydrogen-bond donors (Lipinski definition) is 1. The summed E-state index contributed by atoms with van der Waals surface area (Å²) in [6, 6.07) is 9.49. The van der Waals surface area contributed by atoms with Gasteiger partial charge in [0.2, 0.25) is 0 Å². The second-order valence-corrected chi connectivity index (χ2v) is 4.40. The summed E-state index contributed by atoms with van der Waals surface area (Å²) in [5.74, 6) is 0.0175. The summed E-state index contributed by atoms with van der Waals surface area (Å²) in [4.78, 5) is 9.72. The summed E-state index contributed by atoms with van der Waals surface area (Å²) in [6.07, 6.45) is 1.55. The van der Waals surface area contributed by atoms with Crippen LogP contribution in [0.1, 0.15) is 5.69 Å². The molecule has 0 fully saturated rings. The molecule has 1 aromatic carbocycles. The third-order valence-corrected chi connectivity index (χ3v) is 2.96. The van der Waals surface area contributed by atoms with Crippen molar-refractivity contribution < 1.29 is 4.39 Å². The van der Waals surface area contributed by atoms with Gasteiger partial charge in [-0.3, -0.25) is 0 Å². The topological polar surface area (TPSA) is 68.5 Å². The number of benzene rings is 1. The normalized spacial score (nSPS) is 10.6. The van der Waals surface area contributed by atoms with Gasteiger partial charge in [-0.2, -0.15) is 9.90 Å². The third kappa shape index (κ3) is 2.45. The molecule has 0 bridgehead atoms. The van der Waals surface area contributed by atoms with Gasteiger partial charge in [-0.1, -0.05) is 18.2 Å². The number of aryl methyl sites for hydroxylation is 1. The lowest BCUT2D eigenvalue weighted by atomic mass is 10.3. The minimum Gasteiger partial charge on any atom is -0.371 e. The number of para-hydroxylation sites is 1. The molecule has 6 nitrogen and oxygen atoms in total. The minimum atomic E-state index is -0.461. The van der Waals surface area contributed by atoms with Gasteiger partial charge in [0.05, 0.1) is 17.6 Å². The van der Waals surface area contributed by atoms with Crippen molar-refractivity contribution in [2.75, 3.05) is 12.4 Å². The van der Waals surface area contributed by atoms with Crippen LogP contribution in [-0.2, 0) is 0 Å². The molecule has 0 aliphatic heterocycles. The molecule has 106 valence electrons. The van der Waals surface area contributed by atoms with E-state index >= 15 is 0 Å². The molecule has 0 atom stereocenters. The van der Waals surface area contributed by atoms with Crippen LogP contribution in [-0.4, -0.2) is 32.0 Å². The Kier molecular flexibility index (Phi) is 3.31. The molecule has 3 aromatic rings. The van der Waals surface area contributed by atoms with Crippen molar-refractivity contribution in [1.29, 1.82) is 0 Å². The Hall–Kier alpha value is -2.83. The van der Waals surface area contributed by atoms with Gasteiger partial charge in [0.1, 0.15) is 0 Å². The molecule has 0 unspecified atom stereocenters. The van der Waals surface area contributed by atoms with Gasteiger partial charge < -0.3 is 5.32 Å². The molecule has 0 saturated heterocycles. The molecule has 7 heteroatoms. The summed E-state index contributed by atoms with van der Waals surface area (Å²) in [7, 11) is 1.61. The average Bonchev–Trinajstić information content (AvgIpc) is 3.00. The number of hydrogen-bond acceptors (Lipinski definition) is 5. The van der Waals surface area contributed by atoms with E-state index in [2.05, 4.69) is 25.5 Å². The maximum absolute atomic E-state index is 13.7. The fourth-order valence-corrected chi connectivity index (χ4v) is 1.89. The summed E-state index contributed by atoms with van der Waals surface area (Å²) >= 11 is 0. The Morgan fingerprint density at radius 3 is 2.62 bits per heavy atom. The third-order valence-electron chi connectivity index (χ3n) is 2.96. The molecule has 0 spiro atoms. The van der Waals surface area contributed by atoms with E-state index in [1.807, 2.05) is 30.3 Å². The van der Waals surface area contributed by atoms with E-state index in [9.17, 15) is 4.39 Å². The van der Waals surface area contributed by atoms with Crippen molar-refractivity contribution >= 4 is 5.82 Å². The van der Waals surface area contributed by atoms with Crippen molar-refractivity contribution in [3.05, 3.63) is 48.0 Å². The van der Waals surface area contributed by atoms with Crippen LogP contribution < -0.4 is 5.32 Å². The number of nitrogens with one attached hydrogen (secondary N) is 1. The highest BCUT2D eigenvalue weighted by atomic mass is 19.1. The van der Waals surface area contributed by atoms with Crippen molar-refractivity contribution in [2.45, 2.75) is 6.92 Å². The maximum atomic E-state index is 13.7. The quantitative estimate of drug-likeness (QED) is 0.798. The van der Waals surface area contributed by atoms with Crippen LogP contribution in [0.3, 0.4) is 0 Å². The first-order valence-electron chi connectivity index (χ1n) is 6.39. The molecule has 1 N–H and O–H groups in total. The lowest BCUT2D eigenvalue weighted by Crippen LogP contribution is -2.04. The largest absolute Gasteiger partial charge is 0.371 e. The summed E-state index contributed by atoms with van der Waals surface area (Å²) in [6.45, 7) is 1.59. The molecule has 0 aliphatic carbocycles. The van der Waals surface area contributed by atoms with E-state index in [4.69, 9.17) is 0 Å².